The van der Waals surface area contributed by atoms with E-state index in [-0.39, 0.29) is 0 Å². The number of rotatable bonds is 8. The number of imidazole rings is 2. The predicted molar refractivity (Wildman–Crippen MR) is 91.0 cm³/mol. The molecule has 0 spiro atoms. The highest BCUT2D eigenvalue weighted by Gasteiger charge is 2.10. The summed E-state index contributed by atoms with van der Waals surface area (Å²) in [6, 6.07) is 8.01. The monoisotopic (exact) mass is 329 g/mol. The Kier molecular flexibility index (Phi) is 5.45. The second-order valence-electron chi connectivity index (χ2n) is 5.53. The van der Waals surface area contributed by atoms with E-state index >= 15 is 0 Å². The third kappa shape index (κ3) is 4.68. The highest BCUT2D eigenvalue weighted by molar-refractivity contribution is 6.31. The smallest absolute Gasteiger partial charge is 0.0945 e. The van der Waals surface area contributed by atoms with Gasteiger partial charge in [0.2, 0.25) is 0 Å². The summed E-state index contributed by atoms with van der Waals surface area (Å²) < 4.78 is 2.10. The van der Waals surface area contributed by atoms with E-state index in [9.17, 15) is 0 Å². The first-order valence-electron chi connectivity index (χ1n) is 7.70. The lowest BCUT2D eigenvalue weighted by Gasteiger charge is -2.22. The van der Waals surface area contributed by atoms with E-state index in [0.29, 0.717) is 0 Å². The molecule has 3 rings (SSSR count). The van der Waals surface area contributed by atoms with Crippen molar-refractivity contribution in [3.63, 3.8) is 0 Å². The molecule has 2 heterocycles. The van der Waals surface area contributed by atoms with Crippen molar-refractivity contribution in [1.82, 2.24) is 24.4 Å². The van der Waals surface area contributed by atoms with E-state index in [4.69, 9.17) is 11.6 Å². The maximum absolute atomic E-state index is 6.31. The quantitative estimate of drug-likeness (QED) is 0.689. The van der Waals surface area contributed by atoms with Crippen LogP contribution in [0.5, 0.6) is 0 Å². The Hall–Kier alpha value is -2.11. The third-order valence-electron chi connectivity index (χ3n) is 3.75. The minimum atomic E-state index is 0.816. The number of nitrogens with one attached hydrogen (secondary N) is 1. The van der Waals surface area contributed by atoms with Gasteiger partial charge in [-0.15, -0.1) is 0 Å². The molecule has 0 saturated carbocycles. The lowest BCUT2D eigenvalue weighted by Crippen LogP contribution is -2.25. The highest BCUT2D eigenvalue weighted by atomic mass is 35.5. The van der Waals surface area contributed by atoms with Crippen molar-refractivity contribution >= 4 is 11.6 Å². The minimum absolute atomic E-state index is 0.816. The van der Waals surface area contributed by atoms with Crippen molar-refractivity contribution in [2.45, 2.75) is 26.1 Å². The van der Waals surface area contributed by atoms with Crippen LogP contribution in [-0.2, 0) is 19.6 Å². The number of hydrogen-bond donors (Lipinski definition) is 1. The Morgan fingerprint density at radius 1 is 1.17 bits per heavy atom. The molecular formula is C17H20ClN5. The molecule has 1 N–H and O–H groups in total. The van der Waals surface area contributed by atoms with Crippen LogP contribution in [0.25, 0.3) is 0 Å². The first-order chi connectivity index (χ1) is 11.3. The summed E-state index contributed by atoms with van der Waals surface area (Å²) in [5, 5.41) is 0.816. The molecule has 1 aromatic carbocycles. The second kappa shape index (κ2) is 7.94. The van der Waals surface area contributed by atoms with E-state index in [1.807, 2.05) is 43.1 Å². The van der Waals surface area contributed by atoms with Gasteiger partial charge in [0.1, 0.15) is 0 Å². The van der Waals surface area contributed by atoms with Gasteiger partial charge in [-0.1, -0.05) is 29.8 Å². The molecule has 120 valence electrons. The molecule has 6 heteroatoms. The number of nitrogens with zero attached hydrogens (tertiary/aromatic N) is 4. The summed E-state index contributed by atoms with van der Waals surface area (Å²) in [6.45, 7) is 3.59. The van der Waals surface area contributed by atoms with Crippen LogP contribution in [0.2, 0.25) is 5.02 Å². The summed E-state index contributed by atoms with van der Waals surface area (Å²) in [7, 11) is 0. The molecular weight excluding hydrogens is 310 g/mol. The van der Waals surface area contributed by atoms with Crippen LogP contribution < -0.4 is 0 Å². The predicted octanol–water partition coefficient (Wildman–Crippen LogP) is 3.35. The summed E-state index contributed by atoms with van der Waals surface area (Å²) in [6.07, 6.45) is 10.3. The first-order valence-corrected chi connectivity index (χ1v) is 8.08. The fourth-order valence-corrected chi connectivity index (χ4v) is 2.78. The van der Waals surface area contributed by atoms with Gasteiger partial charge in [-0.3, -0.25) is 4.90 Å². The Morgan fingerprint density at radius 2 is 2.09 bits per heavy atom. The zero-order chi connectivity index (χ0) is 15.9. The molecule has 23 heavy (non-hydrogen) atoms. The molecule has 0 saturated heterocycles. The van der Waals surface area contributed by atoms with Crippen LogP contribution in [0, 0.1) is 0 Å². The number of H-pyrrole nitrogens is 1. The van der Waals surface area contributed by atoms with Crippen LogP contribution in [0.3, 0.4) is 0 Å². The molecule has 0 atom stereocenters. The van der Waals surface area contributed by atoms with E-state index in [2.05, 4.69) is 30.5 Å². The van der Waals surface area contributed by atoms with E-state index < -0.39 is 0 Å². The van der Waals surface area contributed by atoms with Gasteiger partial charge in [0.25, 0.3) is 0 Å². The van der Waals surface area contributed by atoms with E-state index in [1.165, 1.54) is 0 Å². The van der Waals surface area contributed by atoms with Crippen molar-refractivity contribution < 1.29 is 0 Å². The minimum Gasteiger partial charge on any atom is -0.347 e. The topological polar surface area (TPSA) is 49.7 Å². The number of aromatic nitrogens is 4. The Labute approximate surface area is 141 Å². The van der Waals surface area contributed by atoms with Gasteiger partial charge in [0.15, 0.2) is 0 Å². The molecule has 0 unspecified atom stereocenters. The molecule has 5 nitrogen and oxygen atoms in total. The first kappa shape index (κ1) is 15.8. The summed E-state index contributed by atoms with van der Waals surface area (Å²) in [5.74, 6) is 0. The van der Waals surface area contributed by atoms with Gasteiger partial charge < -0.3 is 9.55 Å². The summed E-state index contributed by atoms with van der Waals surface area (Å²) >= 11 is 6.31. The standard InChI is InChI=1S/C17H20ClN5/c18-17-5-2-1-4-15(17)11-23(12-16-10-20-13-21-16)8-3-7-22-9-6-19-14-22/h1-2,4-6,9-10,13-14H,3,7-8,11-12H2,(H,20,21). The number of aryl methyl sites for hydroxylation is 1. The van der Waals surface area contributed by atoms with Crippen molar-refractivity contribution in [2.75, 3.05) is 6.54 Å². The number of hydrogen-bond acceptors (Lipinski definition) is 3. The van der Waals surface area contributed by atoms with Crippen molar-refractivity contribution in [2.24, 2.45) is 0 Å². The van der Waals surface area contributed by atoms with Gasteiger partial charge >= 0.3 is 0 Å². The normalized spacial score (nSPS) is 11.2. The zero-order valence-electron chi connectivity index (χ0n) is 12.9. The SMILES string of the molecule is Clc1ccccc1CN(CCCn1ccnc1)Cc1cnc[nH]1. The molecule has 0 fully saturated rings. The Bertz CT molecular complexity index is 694. The lowest BCUT2D eigenvalue weighted by atomic mass is 10.2. The molecule has 0 bridgehead atoms. The van der Waals surface area contributed by atoms with Gasteiger partial charge in [-0.2, -0.15) is 0 Å². The van der Waals surface area contributed by atoms with Gasteiger partial charge in [-0.05, 0) is 18.1 Å². The highest BCUT2D eigenvalue weighted by Crippen LogP contribution is 2.18. The Balaban J connectivity index is 1.62. The van der Waals surface area contributed by atoms with Crippen LogP contribution in [-0.4, -0.2) is 31.0 Å². The Morgan fingerprint density at radius 3 is 2.83 bits per heavy atom. The maximum Gasteiger partial charge on any atom is 0.0945 e. The maximum atomic E-state index is 6.31. The fourth-order valence-electron chi connectivity index (χ4n) is 2.59. The van der Waals surface area contributed by atoms with Gasteiger partial charge in [0.05, 0.1) is 12.7 Å². The van der Waals surface area contributed by atoms with Crippen LogP contribution in [0.15, 0.2) is 55.5 Å². The fraction of sp³-hybridized carbons (Fsp3) is 0.294. The second-order valence-corrected chi connectivity index (χ2v) is 5.94. The van der Waals surface area contributed by atoms with Gasteiger partial charge in [-0.25, -0.2) is 9.97 Å². The molecule has 0 radical (unpaired) electrons. The van der Waals surface area contributed by atoms with Crippen molar-refractivity contribution in [3.8, 4) is 0 Å². The molecule has 0 aliphatic heterocycles. The van der Waals surface area contributed by atoms with E-state index in [0.717, 1.165) is 48.9 Å². The molecule has 0 aliphatic carbocycles. The molecule has 2 aromatic heterocycles. The molecule has 0 amide bonds. The summed E-state index contributed by atoms with van der Waals surface area (Å²) in [5.41, 5.74) is 2.26. The largest absolute Gasteiger partial charge is 0.347 e. The van der Waals surface area contributed by atoms with Crippen LogP contribution in [0.1, 0.15) is 17.7 Å². The zero-order valence-corrected chi connectivity index (χ0v) is 13.7. The van der Waals surface area contributed by atoms with Crippen molar-refractivity contribution in [3.05, 3.63) is 71.8 Å². The number of benzene rings is 1. The molecule has 3 aromatic rings. The van der Waals surface area contributed by atoms with Gasteiger partial charge in [0, 0.05) is 55.5 Å². The third-order valence-corrected chi connectivity index (χ3v) is 4.12. The summed E-state index contributed by atoms with van der Waals surface area (Å²) in [4.78, 5) is 13.7. The van der Waals surface area contributed by atoms with Crippen molar-refractivity contribution in [1.29, 1.82) is 0 Å². The average molecular weight is 330 g/mol. The number of halogens is 1. The lowest BCUT2D eigenvalue weighted by molar-refractivity contribution is 0.246. The molecule has 0 aliphatic rings. The van der Waals surface area contributed by atoms with Crippen LogP contribution in [0.4, 0.5) is 0 Å². The number of aromatic amines is 1. The average Bonchev–Trinajstić information content (AvgIpc) is 3.23. The van der Waals surface area contributed by atoms with Crippen LogP contribution >= 0.6 is 11.6 Å². The van der Waals surface area contributed by atoms with E-state index in [1.54, 1.807) is 6.33 Å².